The lowest BCUT2D eigenvalue weighted by atomic mass is 10.1. The summed E-state index contributed by atoms with van der Waals surface area (Å²) in [6, 6.07) is 16.6. The Labute approximate surface area is 192 Å². The zero-order valence-corrected chi connectivity index (χ0v) is 19.1. The third-order valence-electron chi connectivity index (χ3n) is 4.82. The molecule has 2 heterocycles. The molecule has 4 rings (SSSR count). The number of aliphatic imine (C=N–C) groups is 1. The summed E-state index contributed by atoms with van der Waals surface area (Å²) in [4.78, 5) is 30.7. The Morgan fingerprint density at radius 3 is 2.71 bits per heavy atom. The zero-order valence-electron chi connectivity index (χ0n) is 16.7. The average molecular weight is 496 g/mol. The second kappa shape index (κ2) is 8.56. The van der Waals surface area contributed by atoms with Gasteiger partial charge in [-0.2, -0.15) is 0 Å². The number of hydrogen-bond donors (Lipinski definition) is 1. The number of aromatic carboxylic acids is 1. The van der Waals surface area contributed by atoms with Gasteiger partial charge >= 0.3 is 5.97 Å². The lowest BCUT2D eigenvalue weighted by Crippen LogP contribution is -2.23. The Kier molecular flexibility index (Phi) is 5.84. The first-order valence-electron chi connectivity index (χ1n) is 9.37. The lowest BCUT2D eigenvalue weighted by molar-refractivity contribution is -0.121. The third-order valence-corrected chi connectivity index (χ3v) is 6.37. The molecule has 8 heteroatoms. The van der Waals surface area contributed by atoms with Crippen molar-refractivity contribution in [2.75, 3.05) is 7.05 Å². The third kappa shape index (κ3) is 4.35. The van der Waals surface area contributed by atoms with Crippen LogP contribution in [0.2, 0.25) is 0 Å². The van der Waals surface area contributed by atoms with E-state index in [0.29, 0.717) is 15.8 Å². The maximum atomic E-state index is 12.8. The van der Waals surface area contributed by atoms with E-state index in [0.717, 1.165) is 21.4 Å². The summed E-state index contributed by atoms with van der Waals surface area (Å²) >= 11 is 4.76. The van der Waals surface area contributed by atoms with Crippen molar-refractivity contribution in [2.45, 2.75) is 6.92 Å². The minimum Gasteiger partial charge on any atom is -0.478 e. The van der Waals surface area contributed by atoms with Gasteiger partial charge < -0.3 is 9.67 Å². The number of amidine groups is 1. The summed E-state index contributed by atoms with van der Waals surface area (Å²) in [5.74, 6) is -1.17. The fourth-order valence-corrected chi connectivity index (χ4v) is 4.48. The van der Waals surface area contributed by atoms with E-state index in [9.17, 15) is 14.7 Å². The van der Waals surface area contributed by atoms with Crippen LogP contribution in [0.3, 0.4) is 0 Å². The van der Waals surface area contributed by atoms with Crippen LogP contribution in [0, 0.1) is 6.92 Å². The van der Waals surface area contributed by atoms with Crippen LogP contribution in [0.15, 0.2) is 75.2 Å². The highest BCUT2D eigenvalue weighted by Gasteiger charge is 2.31. The molecule has 1 aromatic heterocycles. The predicted octanol–water partition coefficient (Wildman–Crippen LogP) is 5.48. The molecular weight excluding hydrogens is 478 g/mol. The van der Waals surface area contributed by atoms with E-state index in [-0.39, 0.29) is 11.5 Å². The fourth-order valence-electron chi connectivity index (χ4n) is 3.12. The maximum Gasteiger partial charge on any atom is 0.335 e. The molecule has 0 spiro atoms. The molecule has 1 aliphatic heterocycles. The van der Waals surface area contributed by atoms with Crippen LogP contribution >= 0.6 is 27.7 Å². The maximum absolute atomic E-state index is 12.8. The van der Waals surface area contributed by atoms with Crippen molar-refractivity contribution in [1.82, 2.24) is 9.47 Å². The number of carboxylic acid groups (broad SMARTS) is 1. The molecule has 0 aliphatic carbocycles. The molecule has 156 valence electrons. The monoisotopic (exact) mass is 495 g/mol. The first kappa shape index (κ1) is 21.1. The summed E-state index contributed by atoms with van der Waals surface area (Å²) in [5.41, 5.74) is 3.36. The molecule has 6 nitrogen and oxygen atoms in total. The van der Waals surface area contributed by atoms with Gasteiger partial charge in [-0.25, -0.2) is 9.79 Å². The van der Waals surface area contributed by atoms with Crippen LogP contribution in [-0.2, 0) is 4.79 Å². The number of carboxylic acids is 1. The molecule has 2 aromatic carbocycles. The lowest BCUT2D eigenvalue weighted by Gasteiger charge is -2.09. The Morgan fingerprint density at radius 2 is 1.97 bits per heavy atom. The summed E-state index contributed by atoms with van der Waals surface area (Å²) < 4.78 is 2.97. The highest BCUT2D eigenvalue weighted by molar-refractivity contribution is 9.10. The summed E-state index contributed by atoms with van der Waals surface area (Å²) in [6.45, 7) is 1.86. The molecule has 0 atom stereocenters. The van der Waals surface area contributed by atoms with Gasteiger partial charge in [0.25, 0.3) is 5.91 Å². The molecular formula is C23H18BrN3O3S. The molecule has 1 amide bonds. The minimum absolute atomic E-state index is 0.155. The first-order valence-corrected chi connectivity index (χ1v) is 11.0. The Hall–Kier alpha value is -3.10. The number of nitrogens with zero attached hydrogens (tertiary/aromatic N) is 3. The molecule has 1 N–H and O–H groups in total. The number of halogens is 1. The molecule has 3 aromatic rings. The number of amides is 1. The van der Waals surface area contributed by atoms with Crippen molar-refractivity contribution >= 4 is 56.5 Å². The number of thioether (sulfide) groups is 1. The summed E-state index contributed by atoms with van der Waals surface area (Å²) in [5, 5.41) is 9.75. The molecule has 1 saturated heterocycles. The van der Waals surface area contributed by atoms with Gasteiger partial charge in [-0.3, -0.25) is 9.69 Å². The number of aromatic nitrogens is 1. The predicted molar refractivity (Wildman–Crippen MR) is 127 cm³/mol. The van der Waals surface area contributed by atoms with Crippen LogP contribution in [0.4, 0.5) is 5.69 Å². The second-order valence-electron chi connectivity index (χ2n) is 6.96. The molecule has 0 saturated carbocycles. The number of hydrogen-bond acceptors (Lipinski definition) is 4. The molecule has 1 aliphatic rings. The number of aryl methyl sites for hydroxylation is 1. The quantitative estimate of drug-likeness (QED) is 0.486. The van der Waals surface area contributed by atoms with Crippen molar-refractivity contribution in [3.8, 4) is 5.69 Å². The van der Waals surface area contributed by atoms with E-state index in [1.807, 2.05) is 60.2 Å². The van der Waals surface area contributed by atoms with Crippen molar-refractivity contribution in [3.63, 3.8) is 0 Å². The van der Waals surface area contributed by atoms with Gasteiger partial charge in [0.2, 0.25) is 0 Å². The van der Waals surface area contributed by atoms with Gasteiger partial charge in [0.15, 0.2) is 5.17 Å². The summed E-state index contributed by atoms with van der Waals surface area (Å²) in [6.07, 6.45) is 3.78. The van der Waals surface area contributed by atoms with Gasteiger partial charge in [-0.15, -0.1) is 0 Å². The topological polar surface area (TPSA) is 74.9 Å². The number of carbonyl (C=O) groups excluding carboxylic acids is 1. The standard InChI is InChI=1S/C23H18BrN3O3S/c1-14-8-9-15(22(29)30)11-19(14)25-23-26(2)21(28)20(31-23)13-18-7-4-10-27(18)17-6-3-5-16(24)12-17/h3-13H,1-2H3,(H,29,30)/b20-13-,25-23?. The van der Waals surface area contributed by atoms with E-state index in [1.54, 1.807) is 19.2 Å². The van der Waals surface area contributed by atoms with Crippen molar-refractivity contribution < 1.29 is 14.7 Å². The Bertz CT molecular complexity index is 1260. The number of carbonyl (C=O) groups is 2. The van der Waals surface area contributed by atoms with Crippen LogP contribution in [0.25, 0.3) is 11.8 Å². The van der Waals surface area contributed by atoms with Gasteiger partial charge in [-0.05, 0) is 72.8 Å². The molecule has 1 fully saturated rings. The number of rotatable bonds is 4. The van der Waals surface area contributed by atoms with Crippen LogP contribution in [0.5, 0.6) is 0 Å². The molecule has 0 bridgehead atoms. The molecule has 0 unspecified atom stereocenters. The van der Waals surface area contributed by atoms with E-state index in [4.69, 9.17) is 0 Å². The van der Waals surface area contributed by atoms with Crippen molar-refractivity contribution in [1.29, 1.82) is 0 Å². The zero-order chi connectivity index (χ0) is 22.1. The van der Waals surface area contributed by atoms with Gasteiger partial charge in [0, 0.05) is 29.1 Å². The van der Waals surface area contributed by atoms with Crippen LogP contribution in [-0.4, -0.2) is 38.7 Å². The van der Waals surface area contributed by atoms with E-state index in [1.165, 1.54) is 22.7 Å². The fraction of sp³-hybridized carbons (Fsp3) is 0.0870. The highest BCUT2D eigenvalue weighted by atomic mass is 79.9. The number of likely N-dealkylation sites (N-methyl/N-ethyl adjacent to an activating group) is 1. The molecule has 0 radical (unpaired) electrons. The van der Waals surface area contributed by atoms with Gasteiger partial charge in [-0.1, -0.05) is 28.1 Å². The minimum atomic E-state index is -1.01. The SMILES string of the molecule is Cc1ccc(C(=O)O)cc1N=C1S/C(=C\c2cccn2-c2cccc(Br)c2)C(=O)N1C. The van der Waals surface area contributed by atoms with Crippen LogP contribution < -0.4 is 0 Å². The average Bonchev–Trinajstić information content (AvgIpc) is 3.30. The van der Waals surface area contributed by atoms with E-state index < -0.39 is 5.97 Å². The van der Waals surface area contributed by atoms with Crippen molar-refractivity contribution in [2.24, 2.45) is 4.99 Å². The van der Waals surface area contributed by atoms with Gasteiger partial charge in [0.1, 0.15) is 0 Å². The normalized spacial score (nSPS) is 16.5. The first-order chi connectivity index (χ1) is 14.8. The van der Waals surface area contributed by atoms with E-state index in [2.05, 4.69) is 20.9 Å². The molecule has 31 heavy (non-hydrogen) atoms. The van der Waals surface area contributed by atoms with E-state index >= 15 is 0 Å². The highest BCUT2D eigenvalue weighted by Crippen LogP contribution is 2.34. The van der Waals surface area contributed by atoms with Gasteiger partial charge in [0.05, 0.1) is 16.2 Å². The second-order valence-corrected chi connectivity index (χ2v) is 8.88. The van der Waals surface area contributed by atoms with Crippen LogP contribution in [0.1, 0.15) is 21.6 Å². The largest absolute Gasteiger partial charge is 0.478 e. The smallest absolute Gasteiger partial charge is 0.335 e. The van der Waals surface area contributed by atoms with Crippen molar-refractivity contribution in [3.05, 3.63) is 87.0 Å². The summed E-state index contributed by atoms with van der Waals surface area (Å²) in [7, 11) is 1.67. The Morgan fingerprint density at radius 1 is 1.16 bits per heavy atom. The number of benzene rings is 2. The Balaban J connectivity index is 1.68.